The molecule has 3 rings (SSSR count). The normalized spacial score (nSPS) is 19.2. The van der Waals surface area contributed by atoms with Gasteiger partial charge in [0.2, 0.25) is 5.78 Å². The van der Waals surface area contributed by atoms with Gasteiger partial charge in [0.25, 0.3) is 5.89 Å². The Kier molecular flexibility index (Phi) is 3.18. The van der Waals surface area contributed by atoms with Gasteiger partial charge in [0, 0.05) is 26.6 Å². The number of oxazole rings is 1. The first-order valence-corrected chi connectivity index (χ1v) is 6.49. The van der Waals surface area contributed by atoms with E-state index in [4.69, 9.17) is 9.15 Å². The van der Waals surface area contributed by atoms with Crippen molar-refractivity contribution in [1.82, 2.24) is 9.88 Å². The second-order valence-electron chi connectivity index (χ2n) is 5.17. The van der Waals surface area contributed by atoms with Crippen molar-refractivity contribution in [3.05, 3.63) is 17.3 Å². The molecule has 5 nitrogen and oxygen atoms in total. The van der Waals surface area contributed by atoms with Crippen molar-refractivity contribution in [2.45, 2.75) is 32.4 Å². The number of carbonyl (C=O) groups is 1. The molecule has 2 heterocycles. The highest BCUT2D eigenvalue weighted by Gasteiger charge is 2.31. The molecule has 0 saturated heterocycles. The van der Waals surface area contributed by atoms with Gasteiger partial charge in [0.15, 0.2) is 0 Å². The first-order valence-electron chi connectivity index (χ1n) is 6.49. The minimum atomic E-state index is -0.0695. The molecule has 18 heavy (non-hydrogen) atoms. The predicted molar refractivity (Wildman–Crippen MR) is 64.2 cm³/mol. The van der Waals surface area contributed by atoms with E-state index >= 15 is 0 Å². The number of hydrogen-bond donors (Lipinski definition) is 0. The standard InChI is InChI=1S/C13H18N2O3/c1-17-5-4-11(16)13-14-10-7-15(6-9-2-3-9)8-12(10)18-13/h9H,2-8H2,1H3. The highest BCUT2D eigenvalue weighted by atomic mass is 16.5. The van der Waals surface area contributed by atoms with Crippen LogP contribution in [0.3, 0.4) is 0 Å². The molecule has 0 atom stereocenters. The van der Waals surface area contributed by atoms with Crippen LogP contribution in [0.5, 0.6) is 0 Å². The number of rotatable bonds is 6. The summed E-state index contributed by atoms with van der Waals surface area (Å²) in [4.78, 5) is 18.4. The molecular formula is C13H18N2O3. The lowest BCUT2D eigenvalue weighted by Gasteiger charge is -2.12. The van der Waals surface area contributed by atoms with E-state index < -0.39 is 0 Å². The molecule has 0 amide bonds. The number of methoxy groups -OCH3 is 1. The van der Waals surface area contributed by atoms with Gasteiger partial charge in [-0.05, 0) is 18.8 Å². The van der Waals surface area contributed by atoms with Gasteiger partial charge in [-0.15, -0.1) is 0 Å². The van der Waals surface area contributed by atoms with Crippen LogP contribution in [0.4, 0.5) is 0 Å². The molecule has 1 aliphatic heterocycles. The summed E-state index contributed by atoms with van der Waals surface area (Å²) < 4.78 is 10.4. The molecular weight excluding hydrogens is 232 g/mol. The molecule has 1 fully saturated rings. The molecule has 2 aliphatic rings. The number of hydrogen-bond acceptors (Lipinski definition) is 5. The topological polar surface area (TPSA) is 55.6 Å². The summed E-state index contributed by atoms with van der Waals surface area (Å²) in [7, 11) is 1.58. The Morgan fingerprint density at radius 2 is 2.33 bits per heavy atom. The Hall–Kier alpha value is -1.20. The third kappa shape index (κ3) is 2.47. The van der Waals surface area contributed by atoms with Crippen LogP contribution in [-0.2, 0) is 17.8 Å². The van der Waals surface area contributed by atoms with Crippen LogP contribution in [0.2, 0.25) is 0 Å². The van der Waals surface area contributed by atoms with E-state index in [1.807, 2.05) is 0 Å². The van der Waals surface area contributed by atoms with Gasteiger partial charge in [-0.1, -0.05) is 0 Å². The highest BCUT2D eigenvalue weighted by Crippen LogP contribution is 2.33. The van der Waals surface area contributed by atoms with Gasteiger partial charge >= 0.3 is 0 Å². The Morgan fingerprint density at radius 3 is 3.00 bits per heavy atom. The van der Waals surface area contributed by atoms with Crippen molar-refractivity contribution in [2.75, 3.05) is 20.3 Å². The molecule has 0 N–H and O–H groups in total. The third-order valence-electron chi connectivity index (χ3n) is 3.50. The minimum absolute atomic E-state index is 0.0695. The average molecular weight is 250 g/mol. The molecule has 1 aromatic heterocycles. The van der Waals surface area contributed by atoms with E-state index in [2.05, 4.69) is 9.88 Å². The van der Waals surface area contributed by atoms with Gasteiger partial charge in [-0.3, -0.25) is 9.69 Å². The summed E-state index contributed by atoms with van der Waals surface area (Å²) in [5, 5.41) is 0. The number of Topliss-reactive ketones (excluding diaryl/α,β-unsaturated/α-hetero) is 1. The second-order valence-corrected chi connectivity index (χ2v) is 5.17. The maximum Gasteiger partial charge on any atom is 0.263 e. The van der Waals surface area contributed by atoms with E-state index in [1.165, 1.54) is 12.8 Å². The molecule has 0 unspecified atom stereocenters. The van der Waals surface area contributed by atoms with Crippen LogP contribution in [0.1, 0.15) is 41.4 Å². The van der Waals surface area contributed by atoms with E-state index in [0.29, 0.717) is 13.0 Å². The third-order valence-corrected chi connectivity index (χ3v) is 3.50. The lowest BCUT2D eigenvalue weighted by Crippen LogP contribution is -2.19. The number of nitrogens with zero attached hydrogens (tertiary/aromatic N) is 2. The van der Waals surface area contributed by atoms with Crippen LogP contribution in [0.25, 0.3) is 0 Å². The fourth-order valence-corrected chi connectivity index (χ4v) is 2.32. The Balaban J connectivity index is 1.60. The van der Waals surface area contributed by atoms with Crippen molar-refractivity contribution in [3.8, 4) is 0 Å². The molecule has 98 valence electrons. The monoisotopic (exact) mass is 250 g/mol. The van der Waals surface area contributed by atoms with Gasteiger partial charge < -0.3 is 9.15 Å². The maximum atomic E-state index is 11.7. The first kappa shape index (κ1) is 11.9. The average Bonchev–Trinajstić information content (AvgIpc) is 2.94. The van der Waals surface area contributed by atoms with Crippen molar-refractivity contribution in [1.29, 1.82) is 0 Å². The van der Waals surface area contributed by atoms with Gasteiger partial charge in [-0.25, -0.2) is 4.98 Å². The first-order chi connectivity index (χ1) is 8.76. The Morgan fingerprint density at radius 1 is 1.50 bits per heavy atom. The minimum Gasteiger partial charge on any atom is -0.437 e. The van der Waals surface area contributed by atoms with Gasteiger partial charge in [0.1, 0.15) is 5.76 Å². The fourth-order valence-electron chi connectivity index (χ4n) is 2.32. The van der Waals surface area contributed by atoms with Crippen LogP contribution < -0.4 is 0 Å². The molecule has 1 saturated carbocycles. The zero-order chi connectivity index (χ0) is 12.5. The van der Waals surface area contributed by atoms with E-state index in [9.17, 15) is 4.79 Å². The van der Waals surface area contributed by atoms with Crippen LogP contribution in [-0.4, -0.2) is 35.9 Å². The molecule has 0 bridgehead atoms. The van der Waals surface area contributed by atoms with Crippen molar-refractivity contribution < 1.29 is 13.9 Å². The fraction of sp³-hybridized carbons (Fsp3) is 0.692. The summed E-state index contributed by atoms with van der Waals surface area (Å²) in [6.07, 6.45) is 3.04. The number of ketones is 1. The van der Waals surface area contributed by atoms with Gasteiger partial charge in [-0.2, -0.15) is 0 Å². The molecule has 0 spiro atoms. The van der Waals surface area contributed by atoms with Crippen molar-refractivity contribution >= 4 is 5.78 Å². The van der Waals surface area contributed by atoms with Crippen LogP contribution in [0, 0.1) is 5.92 Å². The second kappa shape index (κ2) is 4.82. The van der Waals surface area contributed by atoms with Gasteiger partial charge in [0.05, 0.1) is 18.8 Å². The quantitative estimate of drug-likeness (QED) is 0.718. The molecule has 1 aliphatic carbocycles. The van der Waals surface area contributed by atoms with E-state index in [1.54, 1.807) is 7.11 Å². The summed E-state index contributed by atoms with van der Waals surface area (Å²) in [6.45, 7) is 3.18. The zero-order valence-corrected chi connectivity index (χ0v) is 10.6. The van der Waals surface area contributed by atoms with E-state index in [0.717, 1.165) is 37.0 Å². The number of ether oxygens (including phenoxy) is 1. The SMILES string of the molecule is COCCC(=O)c1nc2c(o1)CN(CC1CC1)C2. The number of fused-ring (bicyclic) bond motifs is 1. The lowest BCUT2D eigenvalue weighted by molar-refractivity contribution is 0.0894. The number of aromatic nitrogens is 1. The predicted octanol–water partition coefficient (Wildman–Crippen LogP) is 1.62. The Labute approximate surface area is 106 Å². The summed E-state index contributed by atoms with van der Waals surface area (Å²) in [6, 6.07) is 0. The number of carbonyl (C=O) groups excluding carboxylic acids is 1. The highest BCUT2D eigenvalue weighted by molar-refractivity contribution is 5.91. The molecule has 1 aromatic rings. The van der Waals surface area contributed by atoms with Crippen LogP contribution in [0.15, 0.2) is 4.42 Å². The lowest BCUT2D eigenvalue weighted by atomic mass is 10.3. The Bertz CT molecular complexity index is 428. The maximum absolute atomic E-state index is 11.7. The summed E-state index contributed by atoms with van der Waals surface area (Å²) in [5.74, 6) is 1.93. The largest absolute Gasteiger partial charge is 0.437 e. The summed E-state index contributed by atoms with van der Waals surface area (Å²) in [5.41, 5.74) is 0.941. The molecule has 0 aromatic carbocycles. The van der Waals surface area contributed by atoms with Crippen LogP contribution >= 0.6 is 0 Å². The zero-order valence-electron chi connectivity index (χ0n) is 10.6. The van der Waals surface area contributed by atoms with Crippen molar-refractivity contribution in [2.24, 2.45) is 5.92 Å². The smallest absolute Gasteiger partial charge is 0.263 e. The molecule has 5 heteroatoms. The summed E-state index contributed by atoms with van der Waals surface area (Å²) >= 11 is 0. The molecule has 0 radical (unpaired) electrons. The van der Waals surface area contributed by atoms with E-state index in [-0.39, 0.29) is 11.7 Å². The van der Waals surface area contributed by atoms with Crippen molar-refractivity contribution in [3.63, 3.8) is 0 Å².